The zero-order chi connectivity index (χ0) is 10.4. The SMILES string of the molecule is CC(/C=C/C(=O)O)=C\[C@@H](C)[C@@H](C)O. The van der Waals surface area contributed by atoms with Crippen LogP contribution >= 0.6 is 0 Å². The predicted octanol–water partition coefficient (Wildman–Crippen LogP) is 1.59. The van der Waals surface area contributed by atoms with E-state index in [9.17, 15) is 4.79 Å². The molecule has 0 aliphatic carbocycles. The summed E-state index contributed by atoms with van der Waals surface area (Å²) >= 11 is 0. The van der Waals surface area contributed by atoms with Crippen molar-refractivity contribution < 1.29 is 15.0 Å². The van der Waals surface area contributed by atoms with E-state index < -0.39 is 12.1 Å². The van der Waals surface area contributed by atoms with E-state index in [-0.39, 0.29) is 5.92 Å². The lowest BCUT2D eigenvalue weighted by molar-refractivity contribution is -0.131. The standard InChI is InChI=1S/C10H16O3/c1-7(4-5-10(12)13)6-8(2)9(3)11/h4-6,8-9,11H,1-3H3,(H,12,13)/b5-4+,7-6+/t8-,9-/m1/s1. The Morgan fingerprint density at radius 1 is 1.31 bits per heavy atom. The third kappa shape index (κ3) is 6.11. The summed E-state index contributed by atoms with van der Waals surface area (Å²) in [7, 11) is 0. The highest BCUT2D eigenvalue weighted by molar-refractivity contribution is 5.80. The molecule has 3 nitrogen and oxygen atoms in total. The quantitative estimate of drug-likeness (QED) is 0.515. The van der Waals surface area contributed by atoms with E-state index in [1.54, 1.807) is 13.8 Å². The average Bonchev–Trinajstić information content (AvgIpc) is 2.00. The first-order valence-electron chi connectivity index (χ1n) is 4.21. The van der Waals surface area contributed by atoms with Crippen molar-refractivity contribution in [1.82, 2.24) is 0 Å². The predicted molar refractivity (Wildman–Crippen MR) is 51.4 cm³/mol. The first kappa shape index (κ1) is 11.9. The molecule has 0 saturated heterocycles. The molecule has 0 amide bonds. The van der Waals surface area contributed by atoms with Crippen LogP contribution in [0.25, 0.3) is 0 Å². The highest BCUT2D eigenvalue weighted by Gasteiger charge is 2.04. The number of carboxylic acid groups (broad SMARTS) is 1. The third-order valence-corrected chi connectivity index (χ3v) is 1.78. The summed E-state index contributed by atoms with van der Waals surface area (Å²) in [5, 5.41) is 17.5. The van der Waals surface area contributed by atoms with E-state index in [1.165, 1.54) is 6.08 Å². The molecule has 0 rings (SSSR count). The Hall–Kier alpha value is -1.09. The number of hydrogen-bond acceptors (Lipinski definition) is 2. The van der Waals surface area contributed by atoms with E-state index in [4.69, 9.17) is 10.2 Å². The first-order chi connectivity index (χ1) is 5.93. The molecule has 0 saturated carbocycles. The highest BCUT2D eigenvalue weighted by atomic mass is 16.4. The number of hydrogen-bond donors (Lipinski definition) is 2. The normalized spacial score (nSPS) is 17.4. The molecule has 0 aromatic heterocycles. The van der Waals surface area contributed by atoms with Gasteiger partial charge in [0.2, 0.25) is 0 Å². The lowest BCUT2D eigenvalue weighted by Gasteiger charge is -2.09. The van der Waals surface area contributed by atoms with E-state index in [1.807, 2.05) is 13.0 Å². The van der Waals surface area contributed by atoms with E-state index in [0.29, 0.717) is 0 Å². The van der Waals surface area contributed by atoms with Gasteiger partial charge >= 0.3 is 5.97 Å². The van der Waals surface area contributed by atoms with Crippen molar-refractivity contribution in [3.05, 3.63) is 23.8 Å². The van der Waals surface area contributed by atoms with Gasteiger partial charge in [-0.3, -0.25) is 0 Å². The van der Waals surface area contributed by atoms with Crippen molar-refractivity contribution in [2.75, 3.05) is 0 Å². The molecule has 0 aromatic carbocycles. The van der Waals surface area contributed by atoms with Crippen molar-refractivity contribution >= 4 is 5.97 Å². The Labute approximate surface area is 78.4 Å². The lowest BCUT2D eigenvalue weighted by atomic mass is 10.0. The number of aliphatic carboxylic acids is 1. The summed E-state index contributed by atoms with van der Waals surface area (Å²) < 4.78 is 0. The molecular weight excluding hydrogens is 168 g/mol. The van der Waals surface area contributed by atoms with E-state index in [0.717, 1.165) is 11.6 Å². The second kappa shape index (κ2) is 5.54. The van der Waals surface area contributed by atoms with Crippen LogP contribution in [0.15, 0.2) is 23.8 Å². The van der Waals surface area contributed by atoms with Crippen molar-refractivity contribution in [2.45, 2.75) is 26.9 Å². The van der Waals surface area contributed by atoms with Gasteiger partial charge in [-0.2, -0.15) is 0 Å². The summed E-state index contributed by atoms with van der Waals surface area (Å²) in [6.07, 6.45) is 4.03. The molecule has 2 atom stereocenters. The third-order valence-electron chi connectivity index (χ3n) is 1.78. The average molecular weight is 184 g/mol. The summed E-state index contributed by atoms with van der Waals surface area (Å²) in [5.41, 5.74) is 0.843. The smallest absolute Gasteiger partial charge is 0.328 e. The molecule has 2 N–H and O–H groups in total. The molecule has 0 fully saturated rings. The maximum absolute atomic E-state index is 10.2. The van der Waals surface area contributed by atoms with Crippen molar-refractivity contribution in [1.29, 1.82) is 0 Å². The fourth-order valence-corrected chi connectivity index (χ4v) is 0.812. The Morgan fingerprint density at radius 2 is 1.85 bits per heavy atom. The second-order valence-electron chi connectivity index (χ2n) is 3.18. The minimum absolute atomic E-state index is 0.0402. The van der Waals surface area contributed by atoms with Gasteiger partial charge < -0.3 is 10.2 Å². The van der Waals surface area contributed by atoms with Crippen molar-refractivity contribution in [3.8, 4) is 0 Å². The van der Waals surface area contributed by atoms with Gasteiger partial charge in [-0.25, -0.2) is 4.79 Å². The number of aliphatic hydroxyl groups is 1. The van der Waals surface area contributed by atoms with Crippen LogP contribution in [0.3, 0.4) is 0 Å². The minimum atomic E-state index is -0.961. The van der Waals surface area contributed by atoms with Gasteiger partial charge in [-0.1, -0.05) is 24.6 Å². The largest absolute Gasteiger partial charge is 0.478 e. The molecule has 0 radical (unpaired) electrons. The summed E-state index contributed by atoms with van der Waals surface area (Å²) in [5.74, 6) is -0.920. The van der Waals surface area contributed by atoms with Gasteiger partial charge in [-0.05, 0) is 13.8 Å². The monoisotopic (exact) mass is 184 g/mol. The molecular formula is C10H16O3. The molecule has 0 aromatic rings. The van der Waals surface area contributed by atoms with Crippen LogP contribution in [0.1, 0.15) is 20.8 Å². The zero-order valence-electron chi connectivity index (χ0n) is 8.19. The lowest BCUT2D eigenvalue weighted by Crippen LogP contribution is -2.10. The van der Waals surface area contributed by atoms with Gasteiger partial charge in [0.1, 0.15) is 0 Å². The Morgan fingerprint density at radius 3 is 2.23 bits per heavy atom. The van der Waals surface area contributed by atoms with Crippen molar-refractivity contribution in [3.63, 3.8) is 0 Å². The number of aliphatic hydroxyl groups excluding tert-OH is 1. The molecule has 0 aliphatic rings. The fraction of sp³-hybridized carbons (Fsp3) is 0.500. The second-order valence-corrected chi connectivity index (χ2v) is 3.18. The molecule has 3 heteroatoms. The number of allylic oxidation sites excluding steroid dienone is 2. The summed E-state index contributed by atoms with van der Waals surface area (Å²) in [6.45, 7) is 5.39. The Kier molecular flexibility index (Phi) is 5.07. The number of rotatable bonds is 4. The van der Waals surface area contributed by atoms with E-state index >= 15 is 0 Å². The summed E-state index contributed by atoms with van der Waals surface area (Å²) in [4.78, 5) is 10.2. The fourth-order valence-electron chi connectivity index (χ4n) is 0.812. The van der Waals surface area contributed by atoms with E-state index in [2.05, 4.69) is 0 Å². The molecule has 74 valence electrons. The minimum Gasteiger partial charge on any atom is -0.478 e. The molecule has 0 bridgehead atoms. The molecule has 0 unspecified atom stereocenters. The van der Waals surface area contributed by atoms with Crippen molar-refractivity contribution in [2.24, 2.45) is 5.92 Å². The summed E-state index contributed by atoms with van der Waals surface area (Å²) in [6, 6.07) is 0. The molecule has 13 heavy (non-hydrogen) atoms. The maximum atomic E-state index is 10.2. The van der Waals surface area contributed by atoms with Gasteiger partial charge in [0, 0.05) is 12.0 Å². The van der Waals surface area contributed by atoms with Crippen LogP contribution in [-0.2, 0) is 4.79 Å². The zero-order valence-corrected chi connectivity index (χ0v) is 8.19. The van der Waals surface area contributed by atoms with Crippen LogP contribution in [0.2, 0.25) is 0 Å². The Balaban J connectivity index is 4.24. The molecule has 0 aliphatic heterocycles. The first-order valence-corrected chi connectivity index (χ1v) is 4.21. The molecule has 0 spiro atoms. The highest BCUT2D eigenvalue weighted by Crippen LogP contribution is 2.08. The molecule has 0 heterocycles. The maximum Gasteiger partial charge on any atom is 0.328 e. The number of carboxylic acids is 1. The van der Waals surface area contributed by atoms with Gasteiger partial charge in [-0.15, -0.1) is 0 Å². The van der Waals surface area contributed by atoms with Crippen LogP contribution in [0.4, 0.5) is 0 Å². The number of carbonyl (C=O) groups is 1. The van der Waals surface area contributed by atoms with Crippen LogP contribution in [-0.4, -0.2) is 22.3 Å². The van der Waals surface area contributed by atoms with Gasteiger partial charge in [0.15, 0.2) is 0 Å². The van der Waals surface area contributed by atoms with Gasteiger partial charge in [0.25, 0.3) is 0 Å². The van der Waals surface area contributed by atoms with Crippen LogP contribution < -0.4 is 0 Å². The topological polar surface area (TPSA) is 57.5 Å². The Bertz CT molecular complexity index is 226. The van der Waals surface area contributed by atoms with Gasteiger partial charge in [0.05, 0.1) is 6.10 Å². The van der Waals surface area contributed by atoms with Crippen LogP contribution in [0.5, 0.6) is 0 Å². The van der Waals surface area contributed by atoms with Crippen LogP contribution in [0, 0.1) is 5.92 Å².